The Bertz CT molecular complexity index is 1180. The zero-order valence-electron chi connectivity index (χ0n) is 17.4. The van der Waals surface area contributed by atoms with Gasteiger partial charge in [0.1, 0.15) is 0 Å². The van der Waals surface area contributed by atoms with E-state index in [1.165, 1.54) is 0 Å². The largest absolute Gasteiger partial charge is 0.306 e. The van der Waals surface area contributed by atoms with E-state index in [0.717, 1.165) is 34.7 Å². The summed E-state index contributed by atoms with van der Waals surface area (Å²) in [5.74, 6) is 0.545. The van der Waals surface area contributed by atoms with Crippen molar-refractivity contribution in [1.29, 1.82) is 5.26 Å². The van der Waals surface area contributed by atoms with Gasteiger partial charge in [-0.25, -0.2) is 9.97 Å². The standard InChI is InChI=1S/C24H24N6/c1-17(2)23-13-30(15-27-23)22-5-4-19(12-25)20(11-22)10-18(3)24-14-29(16-28-24)21-6-8-26-9-7-21/h4-9,11,13-18H,10H2,1-3H3. The van der Waals surface area contributed by atoms with Gasteiger partial charge in [0, 0.05) is 42.1 Å². The van der Waals surface area contributed by atoms with Crippen LogP contribution >= 0.6 is 0 Å². The van der Waals surface area contributed by atoms with Crippen LogP contribution in [0.4, 0.5) is 0 Å². The summed E-state index contributed by atoms with van der Waals surface area (Å²) in [7, 11) is 0. The zero-order valence-corrected chi connectivity index (χ0v) is 17.4. The molecule has 3 heterocycles. The molecule has 1 atom stereocenters. The van der Waals surface area contributed by atoms with Gasteiger partial charge in [0.2, 0.25) is 0 Å². The number of imidazole rings is 2. The minimum atomic E-state index is 0.171. The number of hydrogen-bond acceptors (Lipinski definition) is 4. The summed E-state index contributed by atoms with van der Waals surface area (Å²) in [6, 6.07) is 12.2. The van der Waals surface area contributed by atoms with Crippen molar-refractivity contribution in [2.75, 3.05) is 0 Å². The minimum absolute atomic E-state index is 0.171. The Morgan fingerprint density at radius 2 is 1.57 bits per heavy atom. The predicted octanol–water partition coefficient (Wildman–Crippen LogP) is 4.79. The van der Waals surface area contributed by atoms with Crippen LogP contribution < -0.4 is 0 Å². The molecule has 0 amide bonds. The Kier molecular flexibility index (Phi) is 5.44. The van der Waals surface area contributed by atoms with E-state index in [-0.39, 0.29) is 5.92 Å². The summed E-state index contributed by atoms with van der Waals surface area (Å²) in [5.41, 5.74) is 5.79. The van der Waals surface area contributed by atoms with Gasteiger partial charge in [-0.2, -0.15) is 5.26 Å². The lowest BCUT2D eigenvalue weighted by Gasteiger charge is -2.12. The lowest BCUT2D eigenvalue weighted by atomic mass is 9.95. The van der Waals surface area contributed by atoms with Crippen LogP contribution in [0, 0.1) is 11.3 Å². The molecule has 6 heteroatoms. The average molecular weight is 396 g/mol. The fourth-order valence-corrected chi connectivity index (χ4v) is 3.48. The minimum Gasteiger partial charge on any atom is -0.306 e. The second kappa shape index (κ2) is 8.34. The van der Waals surface area contributed by atoms with Gasteiger partial charge in [0.25, 0.3) is 0 Å². The van der Waals surface area contributed by atoms with Crippen LogP contribution in [0.3, 0.4) is 0 Å². The van der Waals surface area contributed by atoms with E-state index in [1.807, 2.05) is 52.3 Å². The zero-order chi connectivity index (χ0) is 21.1. The fourth-order valence-electron chi connectivity index (χ4n) is 3.48. The SMILES string of the molecule is CC(C)c1cn(-c2ccc(C#N)c(CC(C)c3cn(-c4ccncc4)cn3)c2)cn1. The first kappa shape index (κ1) is 19.6. The number of benzene rings is 1. The van der Waals surface area contributed by atoms with Crippen LogP contribution in [-0.4, -0.2) is 24.1 Å². The van der Waals surface area contributed by atoms with Crippen LogP contribution in [0.5, 0.6) is 0 Å². The molecule has 6 nitrogen and oxygen atoms in total. The summed E-state index contributed by atoms with van der Waals surface area (Å²) in [4.78, 5) is 13.1. The van der Waals surface area contributed by atoms with Gasteiger partial charge in [0.05, 0.1) is 35.7 Å². The first-order valence-corrected chi connectivity index (χ1v) is 10.1. The van der Waals surface area contributed by atoms with Crippen LogP contribution in [0.2, 0.25) is 0 Å². The number of pyridine rings is 1. The fraction of sp³-hybridized carbons (Fsp3) is 0.250. The van der Waals surface area contributed by atoms with Gasteiger partial charge in [-0.3, -0.25) is 4.98 Å². The third-order valence-corrected chi connectivity index (χ3v) is 5.30. The molecule has 0 fully saturated rings. The molecule has 0 spiro atoms. The predicted molar refractivity (Wildman–Crippen MR) is 116 cm³/mol. The normalized spacial score (nSPS) is 12.1. The summed E-state index contributed by atoms with van der Waals surface area (Å²) < 4.78 is 4.01. The second-order valence-corrected chi connectivity index (χ2v) is 7.83. The Balaban J connectivity index is 1.59. The summed E-state index contributed by atoms with van der Waals surface area (Å²) in [6.45, 7) is 6.40. The van der Waals surface area contributed by atoms with Crippen LogP contribution in [-0.2, 0) is 6.42 Å². The van der Waals surface area contributed by atoms with Gasteiger partial charge in [-0.15, -0.1) is 0 Å². The lowest BCUT2D eigenvalue weighted by molar-refractivity contribution is 0.734. The van der Waals surface area contributed by atoms with Gasteiger partial charge in [-0.05, 0) is 48.2 Å². The highest BCUT2D eigenvalue weighted by molar-refractivity contribution is 5.47. The van der Waals surface area contributed by atoms with E-state index in [1.54, 1.807) is 12.4 Å². The van der Waals surface area contributed by atoms with Crippen molar-refractivity contribution in [3.63, 3.8) is 0 Å². The smallest absolute Gasteiger partial charge is 0.0995 e. The molecule has 0 aliphatic rings. The first-order valence-electron chi connectivity index (χ1n) is 10.1. The molecule has 0 N–H and O–H groups in total. The highest BCUT2D eigenvalue weighted by atomic mass is 15.0. The molecule has 0 saturated carbocycles. The van der Waals surface area contributed by atoms with Gasteiger partial charge >= 0.3 is 0 Å². The quantitative estimate of drug-likeness (QED) is 0.469. The maximum Gasteiger partial charge on any atom is 0.0995 e. The van der Waals surface area contributed by atoms with Crippen molar-refractivity contribution in [1.82, 2.24) is 24.1 Å². The molecule has 1 aromatic carbocycles. The van der Waals surface area contributed by atoms with Gasteiger partial charge in [-0.1, -0.05) is 20.8 Å². The average Bonchev–Trinajstić information content (AvgIpc) is 3.45. The number of rotatable bonds is 6. The van der Waals surface area contributed by atoms with Crippen molar-refractivity contribution < 1.29 is 0 Å². The molecule has 0 radical (unpaired) electrons. The van der Waals surface area contributed by atoms with Gasteiger partial charge < -0.3 is 9.13 Å². The molecule has 0 aliphatic heterocycles. The van der Waals surface area contributed by atoms with E-state index < -0.39 is 0 Å². The van der Waals surface area contributed by atoms with E-state index in [0.29, 0.717) is 11.5 Å². The van der Waals surface area contributed by atoms with Crippen molar-refractivity contribution >= 4 is 0 Å². The van der Waals surface area contributed by atoms with Crippen molar-refractivity contribution in [3.8, 4) is 17.4 Å². The Morgan fingerprint density at radius 1 is 0.900 bits per heavy atom. The van der Waals surface area contributed by atoms with Crippen LogP contribution in [0.25, 0.3) is 11.4 Å². The Hall–Kier alpha value is -3.72. The van der Waals surface area contributed by atoms with E-state index in [2.05, 4.69) is 54.1 Å². The maximum atomic E-state index is 9.60. The molecule has 3 aromatic heterocycles. The monoisotopic (exact) mass is 396 g/mol. The first-order chi connectivity index (χ1) is 14.5. The molecule has 0 saturated heterocycles. The number of nitrogens with zero attached hydrogens (tertiary/aromatic N) is 6. The van der Waals surface area contributed by atoms with Crippen molar-refractivity contribution in [2.45, 2.75) is 39.0 Å². The lowest BCUT2D eigenvalue weighted by Crippen LogP contribution is -2.03. The number of aromatic nitrogens is 5. The molecule has 4 rings (SSSR count). The van der Waals surface area contributed by atoms with E-state index in [4.69, 9.17) is 0 Å². The highest BCUT2D eigenvalue weighted by Gasteiger charge is 2.14. The molecule has 0 aliphatic carbocycles. The molecular weight excluding hydrogens is 372 g/mol. The summed E-state index contributed by atoms with van der Waals surface area (Å²) in [6.07, 6.45) is 12.0. The molecule has 4 aromatic rings. The third kappa shape index (κ3) is 4.01. The summed E-state index contributed by atoms with van der Waals surface area (Å²) >= 11 is 0. The topological polar surface area (TPSA) is 72.3 Å². The highest BCUT2D eigenvalue weighted by Crippen LogP contribution is 2.24. The number of nitriles is 1. The Labute approximate surface area is 176 Å². The van der Waals surface area contributed by atoms with Crippen LogP contribution in [0.1, 0.15) is 55.1 Å². The van der Waals surface area contributed by atoms with Crippen molar-refractivity contribution in [3.05, 3.63) is 90.3 Å². The van der Waals surface area contributed by atoms with E-state index >= 15 is 0 Å². The molecular formula is C24H24N6. The molecule has 1 unspecified atom stereocenters. The second-order valence-electron chi connectivity index (χ2n) is 7.83. The summed E-state index contributed by atoms with van der Waals surface area (Å²) in [5, 5.41) is 9.60. The van der Waals surface area contributed by atoms with Gasteiger partial charge in [0.15, 0.2) is 0 Å². The Morgan fingerprint density at radius 3 is 2.23 bits per heavy atom. The maximum absolute atomic E-state index is 9.60. The van der Waals surface area contributed by atoms with Crippen LogP contribution in [0.15, 0.2) is 67.8 Å². The molecule has 30 heavy (non-hydrogen) atoms. The van der Waals surface area contributed by atoms with Crippen molar-refractivity contribution in [2.24, 2.45) is 0 Å². The number of hydrogen-bond donors (Lipinski definition) is 0. The molecule has 150 valence electrons. The van der Waals surface area contributed by atoms with E-state index in [9.17, 15) is 5.26 Å². The molecule has 0 bridgehead atoms. The third-order valence-electron chi connectivity index (χ3n) is 5.30.